The molecule has 0 aromatic heterocycles. The fourth-order valence-electron chi connectivity index (χ4n) is 2.49. The van der Waals surface area contributed by atoms with E-state index in [1.54, 1.807) is 0 Å². The first kappa shape index (κ1) is 12.9. The van der Waals surface area contributed by atoms with Crippen molar-refractivity contribution in [3.63, 3.8) is 0 Å². The molecule has 0 radical (unpaired) electrons. The molecule has 1 aliphatic heterocycles. The van der Waals surface area contributed by atoms with Crippen LogP contribution < -0.4 is 10.6 Å². The molecule has 1 aliphatic rings. The van der Waals surface area contributed by atoms with Gasteiger partial charge < -0.3 is 15.7 Å². The van der Waals surface area contributed by atoms with E-state index in [-0.39, 0.29) is 12.4 Å². The summed E-state index contributed by atoms with van der Waals surface area (Å²) in [6, 6.07) is 6.00. The first-order chi connectivity index (χ1) is 8.61. The number of aliphatic hydroxyl groups is 1. The second kappa shape index (κ2) is 5.40. The van der Waals surface area contributed by atoms with Crippen molar-refractivity contribution < 1.29 is 5.11 Å². The van der Waals surface area contributed by atoms with Crippen LogP contribution in [0.4, 0.5) is 5.69 Å². The lowest BCUT2D eigenvalue weighted by Crippen LogP contribution is -2.36. The number of nitrogens with two attached hydrogens (primary N) is 1. The third kappa shape index (κ3) is 2.64. The van der Waals surface area contributed by atoms with Crippen molar-refractivity contribution in [3.8, 4) is 0 Å². The normalized spacial score (nSPS) is 16.9. The molecule has 0 atom stereocenters. The molecule has 4 N–H and O–H groups in total. The van der Waals surface area contributed by atoms with Gasteiger partial charge in [-0.2, -0.15) is 0 Å². The zero-order valence-electron chi connectivity index (χ0n) is 10.8. The topological polar surface area (TPSA) is 73.3 Å². The van der Waals surface area contributed by atoms with Crippen LogP contribution in [0.2, 0.25) is 0 Å². The van der Waals surface area contributed by atoms with Crippen LogP contribution in [0.15, 0.2) is 18.2 Å². The molecule has 0 unspecified atom stereocenters. The zero-order chi connectivity index (χ0) is 13.1. The predicted molar refractivity (Wildman–Crippen MR) is 74.2 cm³/mol. The summed E-state index contributed by atoms with van der Waals surface area (Å²) in [4.78, 5) is 2.27. The molecule has 2 rings (SSSR count). The van der Waals surface area contributed by atoms with E-state index in [4.69, 9.17) is 16.2 Å². The number of anilines is 1. The van der Waals surface area contributed by atoms with E-state index in [0.29, 0.717) is 5.92 Å². The number of nitrogen functional groups attached to an aromatic ring is 1. The maximum atomic E-state index is 9.16. The molecular formula is C14H21N3O. The van der Waals surface area contributed by atoms with Crippen LogP contribution in [0.25, 0.3) is 0 Å². The molecule has 0 spiro atoms. The Morgan fingerprint density at radius 2 is 2.11 bits per heavy atom. The van der Waals surface area contributed by atoms with Crippen molar-refractivity contribution in [1.82, 2.24) is 0 Å². The summed E-state index contributed by atoms with van der Waals surface area (Å²) in [6.45, 7) is 4.18. The van der Waals surface area contributed by atoms with Gasteiger partial charge in [-0.1, -0.05) is 6.07 Å². The van der Waals surface area contributed by atoms with Crippen molar-refractivity contribution in [2.24, 2.45) is 11.7 Å². The van der Waals surface area contributed by atoms with Gasteiger partial charge in [0.1, 0.15) is 5.84 Å². The number of amidine groups is 1. The monoisotopic (exact) mass is 247 g/mol. The highest BCUT2D eigenvalue weighted by molar-refractivity contribution is 6.00. The first-order valence-corrected chi connectivity index (χ1v) is 6.42. The van der Waals surface area contributed by atoms with Crippen molar-refractivity contribution in [2.45, 2.75) is 19.8 Å². The van der Waals surface area contributed by atoms with E-state index in [2.05, 4.69) is 11.0 Å². The van der Waals surface area contributed by atoms with E-state index >= 15 is 0 Å². The Morgan fingerprint density at radius 1 is 1.44 bits per heavy atom. The Balaban J connectivity index is 2.22. The van der Waals surface area contributed by atoms with Crippen molar-refractivity contribution in [2.75, 3.05) is 24.6 Å². The molecule has 0 bridgehead atoms. The van der Waals surface area contributed by atoms with Crippen molar-refractivity contribution in [1.29, 1.82) is 5.41 Å². The van der Waals surface area contributed by atoms with Gasteiger partial charge in [-0.15, -0.1) is 0 Å². The minimum Gasteiger partial charge on any atom is -0.396 e. The number of hydrogen-bond donors (Lipinski definition) is 3. The maximum Gasteiger partial charge on any atom is 0.124 e. The minimum absolute atomic E-state index is 0.120. The number of nitrogens with zero attached hydrogens (tertiary/aromatic N) is 1. The molecular weight excluding hydrogens is 226 g/mol. The van der Waals surface area contributed by atoms with Crippen LogP contribution in [-0.2, 0) is 0 Å². The van der Waals surface area contributed by atoms with Crippen LogP contribution in [0.3, 0.4) is 0 Å². The SMILES string of the molecule is Cc1ccc(C(=N)N)c(N2CCC(CO)CC2)c1. The van der Waals surface area contributed by atoms with Crippen LogP contribution in [-0.4, -0.2) is 30.6 Å². The first-order valence-electron chi connectivity index (χ1n) is 6.42. The standard InChI is InChI=1S/C14H21N3O/c1-10-2-3-12(14(15)16)13(8-10)17-6-4-11(9-18)5-7-17/h2-3,8,11,18H,4-7,9H2,1H3,(H3,15,16). The van der Waals surface area contributed by atoms with E-state index in [1.165, 1.54) is 5.56 Å². The fraction of sp³-hybridized carbons (Fsp3) is 0.500. The average molecular weight is 247 g/mol. The fourth-order valence-corrected chi connectivity index (χ4v) is 2.49. The molecule has 4 heteroatoms. The predicted octanol–water partition coefficient (Wildman–Crippen LogP) is 1.49. The Hall–Kier alpha value is -1.55. The highest BCUT2D eigenvalue weighted by atomic mass is 16.3. The van der Waals surface area contributed by atoms with Crippen LogP contribution in [0.1, 0.15) is 24.0 Å². The summed E-state index contributed by atoms with van der Waals surface area (Å²) >= 11 is 0. The molecule has 4 nitrogen and oxygen atoms in total. The highest BCUT2D eigenvalue weighted by Crippen LogP contribution is 2.27. The van der Waals surface area contributed by atoms with Crippen LogP contribution in [0.5, 0.6) is 0 Å². The number of benzene rings is 1. The van der Waals surface area contributed by atoms with Gasteiger partial charge in [-0.05, 0) is 43.4 Å². The lowest BCUT2D eigenvalue weighted by Gasteiger charge is -2.34. The third-order valence-corrected chi connectivity index (χ3v) is 3.66. The molecule has 98 valence electrons. The molecule has 1 fully saturated rings. The lowest BCUT2D eigenvalue weighted by atomic mass is 9.96. The summed E-state index contributed by atoms with van der Waals surface area (Å²) in [6.07, 6.45) is 2.00. The van der Waals surface area contributed by atoms with E-state index in [0.717, 1.165) is 37.2 Å². The van der Waals surface area contributed by atoms with Gasteiger partial charge >= 0.3 is 0 Å². The summed E-state index contributed by atoms with van der Waals surface area (Å²) < 4.78 is 0. The van der Waals surface area contributed by atoms with Gasteiger partial charge in [0, 0.05) is 30.9 Å². The quantitative estimate of drug-likeness (QED) is 0.559. The summed E-state index contributed by atoms with van der Waals surface area (Å²) in [5.74, 6) is 0.543. The summed E-state index contributed by atoms with van der Waals surface area (Å²) in [7, 11) is 0. The number of aliphatic hydroxyl groups excluding tert-OH is 1. The van der Waals surface area contributed by atoms with Crippen molar-refractivity contribution >= 4 is 11.5 Å². The number of nitrogens with one attached hydrogen (secondary N) is 1. The van der Waals surface area contributed by atoms with Gasteiger partial charge in [0.05, 0.1) is 0 Å². The second-order valence-electron chi connectivity index (χ2n) is 5.05. The number of aryl methyl sites for hydroxylation is 1. The molecule has 1 heterocycles. The van der Waals surface area contributed by atoms with E-state index in [1.807, 2.05) is 19.1 Å². The molecule has 0 aliphatic carbocycles. The lowest BCUT2D eigenvalue weighted by molar-refractivity contribution is 0.203. The average Bonchev–Trinajstić information content (AvgIpc) is 2.38. The molecule has 18 heavy (non-hydrogen) atoms. The van der Waals surface area contributed by atoms with Gasteiger partial charge in [-0.3, -0.25) is 5.41 Å². The summed E-state index contributed by atoms with van der Waals surface area (Å²) in [5, 5.41) is 16.8. The number of hydrogen-bond acceptors (Lipinski definition) is 3. The van der Waals surface area contributed by atoms with Gasteiger partial charge in [0.15, 0.2) is 0 Å². The smallest absolute Gasteiger partial charge is 0.124 e. The Labute approximate surface area is 108 Å². The van der Waals surface area contributed by atoms with Gasteiger partial charge in [0.2, 0.25) is 0 Å². The molecule has 0 saturated carbocycles. The highest BCUT2D eigenvalue weighted by Gasteiger charge is 2.21. The summed E-state index contributed by atoms with van der Waals surface area (Å²) in [5.41, 5.74) is 8.68. The zero-order valence-corrected chi connectivity index (χ0v) is 10.8. The third-order valence-electron chi connectivity index (χ3n) is 3.66. The molecule has 1 aromatic carbocycles. The molecule has 0 amide bonds. The largest absolute Gasteiger partial charge is 0.396 e. The van der Waals surface area contributed by atoms with E-state index in [9.17, 15) is 0 Å². The molecule has 1 aromatic rings. The van der Waals surface area contributed by atoms with E-state index < -0.39 is 0 Å². The Kier molecular flexibility index (Phi) is 3.87. The maximum absolute atomic E-state index is 9.16. The molecule has 1 saturated heterocycles. The minimum atomic E-state index is 0.120. The Bertz CT molecular complexity index is 437. The number of rotatable bonds is 3. The second-order valence-corrected chi connectivity index (χ2v) is 5.05. The van der Waals surface area contributed by atoms with Gasteiger partial charge in [0.25, 0.3) is 0 Å². The number of piperidine rings is 1. The Morgan fingerprint density at radius 3 is 2.67 bits per heavy atom. The van der Waals surface area contributed by atoms with Crippen LogP contribution >= 0.6 is 0 Å². The van der Waals surface area contributed by atoms with Crippen LogP contribution in [0, 0.1) is 18.3 Å². The van der Waals surface area contributed by atoms with Gasteiger partial charge in [-0.25, -0.2) is 0 Å². The van der Waals surface area contributed by atoms with Crippen molar-refractivity contribution in [3.05, 3.63) is 29.3 Å².